The molecule has 1 heterocycles. The van der Waals surface area contributed by atoms with Crippen molar-refractivity contribution in [1.82, 2.24) is 0 Å². The highest BCUT2D eigenvalue weighted by Crippen LogP contribution is 2.27. The van der Waals surface area contributed by atoms with Gasteiger partial charge in [0.2, 0.25) is 5.91 Å². The largest absolute Gasteiger partial charge is 0.457 e. The minimum atomic E-state index is -0.462. The van der Waals surface area contributed by atoms with Crippen molar-refractivity contribution in [1.29, 1.82) is 0 Å². The number of amides is 1. The first-order valence-corrected chi connectivity index (χ1v) is 8.26. The third-order valence-electron chi connectivity index (χ3n) is 4.27. The van der Waals surface area contributed by atoms with Crippen LogP contribution in [-0.2, 0) is 20.7 Å². The molecule has 1 atom stereocenters. The maximum atomic E-state index is 12.1. The molecule has 1 amide bonds. The van der Waals surface area contributed by atoms with E-state index >= 15 is 0 Å². The van der Waals surface area contributed by atoms with Crippen molar-refractivity contribution < 1.29 is 19.1 Å². The number of carbonyl (C=O) groups excluding carboxylic acids is 3. The average Bonchev–Trinajstić information content (AvgIpc) is 2.65. The Kier molecular flexibility index (Phi) is 5.23. The molecule has 128 valence electrons. The highest BCUT2D eigenvalue weighted by molar-refractivity contribution is 5.98. The molecule has 0 bridgehead atoms. The van der Waals surface area contributed by atoms with Crippen LogP contribution in [-0.4, -0.2) is 24.3 Å². The van der Waals surface area contributed by atoms with E-state index in [4.69, 9.17) is 4.74 Å². The van der Waals surface area contributed by atoms with Gasteiger partial charge in [-0.05, 0) is 24.5 Å². The summed E-state index contributed by atoms with van der Waals surface area (Å²) >= 11 is 0. The number of benzene rings is 2. The fourth-order valence-electron chi connectivity index (χ4n) is 2.86. The number of ether oxygens (including phenoxy) is 1. The van der Waals surface area contributed by atoms with Crippen molar-refractivity contribution >= 4 is 23.3 Å². The summed E-state index contributed by atoms with van der Waals surface area (Å²) in [5.41, 5.74) is 2.41. The number of rotatable bonds is 6. The Morgan fingerprint density at radius 3 is 2.56 bits per heavy atom. The van der Waals surface area contributed by atoms with E-state index in [0.717, 1.165) is 11.3 Å². The fourth-order valence-corrected chi connectivity index (χ4v) is 2.86. The second-order valence-corrected chi connectivity index (χ2v) is 6.04. The smallest absolute Gasteiger partial charge is 0.306 e. The molecule has 2 aromatic rings. The Labute approximate surface area is 146 Å². The molecule has 5 heteroatoms. The monoisotopic (exact) mass is 337 g/mol. The highest BCUT2D eigenvalue weighted by atomic mass is 16.5. The summed E-state index contributed by atoms with van der Waals surface area (Å²) in [6, 6.07) is 16.3. The topological polar surface area (TPSA) is 72.5 Å². The summed E-state index contributed by atoms with van der Waals surface area (Å²) in [5, 5.41) is 2.86. The summed E-state index contributed by atoms with van der Waals surface area (Å²) in [5.74, 6) is -1.03. The summed E-state index contributed by atoms with van der Waals surface area (Å²) in [7, 11) is 0. The third kappa shape index (κ3) is 4.32. The Morgan fingerprint density at radius 2 is 1.76 bits per heavy atom. The quantitative estimate of drug-likeness (QED) is 0.650. The lowest BCUT2D eigenvalue weighted by molar-refractivity contribution is -0.142. The summed E-state index contributed by atoms with van der Waals surface area (Å²) in [6.07, 6.45) is 1.12. The van der Waals surface area contributed by atoms with Crippen molar-refractivity contribution in [2.24, 2.45) is 5.92 Å². The van der Waals surface area contributed by atoms with Gasteiger partial charge in [-0.15, -0.1) is 0 Å². The van der Waals surface area contributed by atoms with Gasteiger partial charge in [0, 0.05) is 23.6 Å². The number of fused-ring (bicyclic) bond motifs is 1. The van der Waals surface area contributed by atoms with Crippen molar-refractivity contribution in [3.05, 3.63) is 65.7 Å². The van der Waals surface area contributed by atoms with Gasteiger partial charge in [0.25, 0.3) is 0 Å². The molecule has 5 nitrogen and oxygen atoms in total. The molecule has 1 aliphatic rings. The molecule has 0 saturated carbocycles. The van der Waals surface area contributed by atoms with Gasteiger partial charge in [0.15, 0.2) is 12.4 Å². The number of ketones is 1. The van der Waals surface area contributed by atoms with Crippen LogP contribution in [0, 0.1) is 5.92 Å². The zero-order valence-corrected chi connectivity index (χ0v) is 13.7. The van der Waals surface area contributed by atoms with E-state index in [1.807, 2.05) is 30.3 Å². The Morgan fingerprint density at radius 1 is 1.04 bits per heavy atom. The molecule has 0 fully saturated rings. The summed E-state index contributed by atoms with van der Waals surface area (Å²) < 4.78 is 5.03. The van der Waals surface area contributed by atoms with Crippen LogP contribution in [0.25, 0.3) is 0 Å². The first kappa shape index (κ1) is 16.9. The second-order valence-electron chi connectivity index (χ2n) is 6.04. The number of Topliss-reactive ketones (excluding diaryl/α,β-unsaturated/α-hetero) is 1. The van der Waals surface area contributed by atoms with Crippen LogP contribution in [0.15, 0.2) is 54.6 Å². The number of nitrogens with one attached hydrogen (secondary N) is 1. The van der Waals surface area contributed by atoms with Crippen LogP contribution < -0.4 is 5.32 Å². The predicted molar refractivity (Wildman–Crippen MR) is 93.2 cm³/mol. The summed E-state index contributed by atoms with van der Waals surface area (Å²) in [4.78, 5) is 35.9. The molecule has 1 unspecified atom stereocenters. The molecule has 0 spiro atoms. The molecule has 2 aromatic carbocycles. The Balaban J connectivity index is 1.46. The number of hydrogen-bond acceptors (Lipinski definition) is 4. The normalized spacial score (nSPS) is 15.8. The van der Waals surface area contributed by atoms with Crippen molar-refractivity contribution in [3.8, 4) is 0 Å². The number of esters is 1. The molecule has 0 aromatic heterocycles. The molecular weight excluding hydrogens is 318 g/mol. The number of anilines is 1. The number of carbonyl (C=O) groups is 3. The lowest BCUT2D eigenvalue weighted by atomic mass is 9.90. The van der Waals surface area contributed by atoms with Crippen LogP contribution in [0.4, 0.5) is 5.69 Å². The summed E-state index contributed by atoms with van der Waals surface area (Å²) in [6.45, 7) is -0.275. The van der Waals surface area contributed by atoms with Crippen LogP contribution in [0.3, 0.4) is 0 Å². The van der Waals surface area contributed by atoms with Gasteiger partial charge in [-0.25, -0.2) is 0 Å². The molecule has 1 N–H and O–H groups in total. The average molecular weight is 337 g/mol. The van der Waals surface area contributed by atoms with E-state index in [1.54, 1.807) is 24.3 Å². The van der Waals surface area contributed by atoms with Crippen LogP contribution >= 0.6 is 0 Å². The van der Waals surface area contributed by atoms with E-state index in [1.165, 1.54) is 0 Å². The first-order chi connectivity index (χ1) is 12.1. The number of para-hydroxylation sites is 1. The fraction of sp³-hybridized carbons (Fsp3) is 0.250. The van der Waals surface area contributed by atoms with E-state index in [0.29, 0.717) is 18.4 Å². The molecule has 0 aliphatic carbocycles. The molecule has 3 rings (SSSR count). The van der Waals surface area contributed by atoms with Crippen LogP contribution in [0.1, 0.15) is 28.8 Å². The molecular formula is C20H19NO4. The zero-order chi connectivity index (χ0) is 17.6. The van der Waals surface area contributed by atoms with Gasteiger partial charge >= 0.3 is 5.97 Å². The zero-order valence-electron chi connectivity index (χ0n) is 13.7. The van der Waals surface area contributed by atoms with E-state index in [9.17, 15) is 14.4 Å². The lowest BCUT2D eigenvalue weighted by Crippen LogP contribution is -2.30. The van der Waals surface area contributed by atoms with E-state index < -0.39 is 5.97 Å². The van der Waals surface area contributed by atoms with Gasteiger partial charge in [-0.2, -0.15) is 0 Å². The lowest BCUT2D eigenvalue weighted by Gasteiger charge is -2.24. The molecule has 0 radical (unpaired) electrons. The predicted octanol–water partition coefficient (Wildman–Crippen LogP) is 3.00. The maximum Gasteiger partial charge on any atom is 0.306 e. The van der Waals surface area contributed by atoms with Gasteiger partial charge in [-0.3, -0.25) is 14.4 Å². The minimum Gasteiger partial charge on any atom is -0.457 e. The standard InChI is InChI=1S/C20H19NO4/c22-18(14-6-2-1-3-7-14)13-25-19(23)11-10-16-12-15-8-4-5-9-17(15)21-20(16)24/h1-9,16H,10-13H2,(H,21,24). The molecule has 1 aliphatic heterocycles. The van der Waals surface area contributed by atoms with Gasteiger partial charge in [0.1, 0.15) is 0 Å². The van der Waals surface area contributed by atoms with Crippen molar-refractivity contribution in [3.63, 3.8) is 0 Å². The van der Waals surface area contributed by atoms with Gasteiger partial charge in [0.05, 0.1) is 0 Å². The molecule has 25 heavy (non-hydrogen) atoms. The Bertz CT molecular complexity index is 785. The van der Waals surface area contributed by atoms with Crippen LogP contribution in [0.5, 0.6) is 0 Å². The van der Waals surface area contributed by atoms with Gasteiger partial charge in [-0.1, -0.05) is 48.5 Å². The van der Waals surface area contributed by atoms with Gasteiger partial charge < -0.3 is 10.1 Å². The van der Waals surface area contributed by atoms with E-state index in [2.05, 4.69) is 5.32 Å². The number of hydrogen-bond donors (Lipinski definition) is 1. The highest BCUT2D eigenvalue weighted by Gasteiger charge is 2.26. The molecule has 0 saturated heterocycles. The minimum absolute atomic E-state index is 0.0770. The Hall–Kier alpha value is -2.95. The first-order valence-electron chi connectivity index (χ1n) is 8.26. The van der Waals surface area contributed by atoms with Crippen molar-refractivity contribution in [2.45, 2.75) is 19.3 Å². The van der Waals surface area contributed by atoms with Crippen LogP contribution in [0.2, 0.25) is 0 Å². The van der Waals surface area contributed by atoms with Crippen molar-refractivity contribution in [2.75, 3.05) is 11.9 Å². The second kappa shape index (κ2) is 7.75. The SMILES string of the molecule is O=C(CCC1Cc2ccccc2NC1=O)OCC(=O)c1ccccc1. The third-order valence-corrected chi connectivity index (χ3v) is 4.27. The maximum absolute atomic E-state index is 12.1. The van der Waals surface area contributed by atoms with E-state index in [-0.39, 0.29) is 30.6 Å².